The highest BCUT2D eigenvalue weighted by atomic mass is 16.3. The highest BCUT2D eigenvalue weighted by Crippen LogP contribution is 2.53. The maximum absolute atomic E-state index is 13.8. The van der Waals surface area contributed by atoms with Crippen LogP contribution in [-0.4, -0.2) is 38.9 Å². The molecule has 0 saturated carbocycles. The van der Waals surface area contributed by atoms with Crippen molar-refractivity contribution < 1.29 is 24.6 Å². The van der Waals surface area contributed by atoms with Gasteiger partial charge in [-0.15, -0.1) is 0 Å². The molecule has 176 valence electrons. The molecule has 2 saturated heterocycles. The molecule has 0 aliphatic carbocycles. The number of nitrogens with zero attached hydrogens (tertiary/aromatic N) is 1. The van der Waals surface area contributed by atoms with E-state index in [2.05, 4.69) is 10.6 Å². The molecule has 3 amide bonds. The third-order valence-corrected chi connectivity index (χ3v) is 7.39. The van der Waals surface area contributed by atoms with Gasteiger partial charge in [0.25, 0.3) is 0 Å². The van der Waals surface area contributed by atoms with Crippen LogP contribution in [0.1, 0.15) is 16.7 Å². The number of hydrogen-bond acceptors (Lipinski definition) is 6. The first-order valence-electron chi connectivity index (χ1n) is 11.5. The van der Waals surface area contributed by atoms with Crippen molar-refractivity contribution in [1.82, 2.24) is 10.2 Å². The van der Waals surface area contributed by atoms with E-state index >= 15 is 0 Å². The molecule has 3 heterocycles. The Labute approximate surface area is 201 Å². The summed E-state index contributed by atoms with van der Waals surface area (Å²) in [6.07, 6.45) is 0.282. The number of likely N-dealkylation sites (tertiary alicyclic amines) is 1. The van der Waals surface area contributed by atoms with Gasteiger partial charge in [0.05, 0.1) is 18.4 Å². The predicted octanol–water partition coefficient (Wildman–Crippen LogP) is 2.26. The van der Waals surface area contributed by atoms with Gasteiger partial charge in [-0.25, -0.2) is 0 Å². The van der Waals surface area contributed by atoms with Gasteiger partial charge in [0, 0.05) is 17.3 Å². The molecule has 8 heteroatoms. The lowest BCUT2D eigenvalue weighted by Crippen LogP contribution is -2.53. The van der Waals surface area contributed by atoms with Gasteiger partial charge in [-0.2, -0.15) is 0 Å². The van der Waals surface area contributed by atoms with Crippen LogP contribution in [0.15, 0.2) is 72.8 Å². The van der Waals surface area contributed by atoms with Gasteiger partial charge in [0.1, 0.15) is 5.54 Å². The Hall–Kier alpha value is -4.17. The number of rotatable bonds is 4. The summed E-state index contributed by atoms with van der Waals surface area (Å²) in [5, 5.41) is 25.9. The second kappa shape index (κ2) is 7.68. The van der Waals surface area contributed by atoms with Crippen LogP contribution in [-0.2, 0) is 32.9 Å². The minimum absolute atomic E-state index is 0.136. The van der Waals surface area contributed by atoms with Crippen molar-refractivity contribution in [2.45, 2.75) is 24.5 Å². The lowest BCUT2D eigenvalue weighted by Gasteiger charge is -2.29. The zero-order valence-electron chi connectivity index (χ0n) is 18.6. The molecule has 3 aliphatic rings. The fourth-order valence-corrected chi connectivity index (χ4v) is 5.86. The van der Waals surface area contributed by atoms with Gasteiger partial charge in [-0.1, -0.05) is 54.6 Å². The molecule has 0 radical (unpaired) electrons. The van der Waals surface area contributed by atoms with Gasteiger partial charge in [0.2, 0.25) is 17.7 Å². The summed E-state index contributed by atoms with van der Waals surface area (Å²) in [6.45, 7) is 0.136. The third-order valence-electron chi connectivity index (χ3n) is 7.39. The van der Waals surface area contributed by atoms with Gasteiger partial charge in [-0.3, -0.25) is 24.6 Å². The van der Waals surface area contributed by atoms with Crippen LogP contribution in [0.25, 0.3) is 0 Å². The molecular weight excluding hydrogens is 446 g/mol. The molecule has 4 atom stereocenters. The molecule has 3 aliphatic heterocycles. The Morgan fingerprint density at radius 3 is 2.34 bits per heavy atom. The second-order valence-electron chi connectivity index (χ2n) is 9.34. The fourth-order valence-electron chi connectivity index (χ4n) is 5.86. The molecule has 4 N–H and O–H groups in total. The van der Waals surface area contributed by atoms with E-state index in [0.717, 1.165) is 5.56 Å². The van der Waals surface area contributed by atoms with E-state index in [1.807, 2.05) is 48.5 Å². The van der Waals surface area contributed by atoms with Gasteiger partial charge in [0.15, 0.2) is 11.5 Å². The van der Waals surface area contributed by atoms with Gasteiger partial charge < -0.3 is 15.5 Å². The molecule has 35 heavy (non-hydrogen) atoms. The number of carbonyl (C=O) groups is 3. The van der Waals surface area contributed by atoms with Gasteiger partial charge >= 0.3 is 0 Å². The molecule has 6 rings (SSSR count). The number of phenols is 2. The Bertz CT molecular complexity index is 1370. The van der Waals surface area contributed by atoms with Crippen LogP contribution in [0, 0.1) is 11.8 Å². The minimum Gasteiger partial charge on any atom is -0.504 e. The van der Waals surface area contributed by atoms with Crippen molar-refractivity contribution in [3.05, 3.63) is 89.5 Å². The number of amides is 3. The lowest BCUT2D eigenvalue weighted by atomic mass is 9.76. The molecule has 0 bridgehead atoms. The van der Waals surface area contributed by atoms with Crippen LogP contribution in [0.2, 0.25) is 0 Å². The van der Waals surface area contributed by atoms with Crippen molar-refractivity contribution in [2.75, 3.05) is 5.32 Å². The summed E-state index contributed by atoms with van der Waals surface area (Å²) < 4.78 is 0. The van der Waals surface area contributed by atoms with E-state index in [4.69, 9.17) is 0 Å². The molecule has 2 fully saturated rings. The SMILES string of the molecule is O=C1[C@H]2[C@H](Cc3ccc(O)c(O)c3)N[C@]3(C(=O)Nc4ccccc43)[C@H]2C(=O)N1Cc1ccccc1. The summed E-state index contributed by atoms with van der Waals surface area (Å²) in [4.78, 5) is 42.3. The molecule has 0 aromatic heterocycles. The summed E-state index contributed by atoms with van der Waals surface area (Å²) >= 11 is 0. The highest BCUT2D eigenvalue weighted by Gasteiger charge is 2.70. The maximum atomic E-state index is 13.8. The first-order valence-corrected chi connectivity index (χ1v) is 11.5. The first-order chi connectivity index (χ1) is 16.9. The quantitative estimate of drug-likeness (QED) is 0.344. The number of aromatic hydroxyl groups is 2. The number of fused-ring (bicyclic) bond motifs is 4. The lowest BCUT2D eigenvalue weighted by molar-refractivity contribution is -0.143. The Kier molecular flexibility index (Phi) is 4.69. The number of carbonyl (C=O) groups excluding carboxylic acids is 3. The average molecular weight is 469 g/mol. The zero-order valence-corrected chi connectivity index (χ0v) is 18.6. The standard InChI is InChI=1S/C27H23N3O5/c31-20-11-10-16(13-21(20)32)12-19-22-23(25(34)30(24(22)33)14-15-6-2-1-3-7-15)27(29-19)17-8-4-5-9-18(17)28-26(27)35/h1-11,13,19,22-23,29,31-32H,12,14H2,(H,28,35)/t19-,22-,23+,27-/m0/s1. The van der Waals surface area contributed by atoms with Crippen molar-refractivity contribution in [2.24, 2.45) is 11.8 Å². The summed E-state index contributed by atoms with van der Waals surface area (Å²) in [6, 6.07) is 20.4. The fraction of sp³-hybridized carbons (Fsp3) is 0.222. The third kappa shape index (κ3) is 3.06. The largest absolute Gasteiger partial charge is 0.504 e. The summed E-state index contributed by atoms with van der Waals surface area (Å²) in [7, 11) is 0. The predicted molar refractivity (Wildman–Crippen MR) is 126 cm³/mol. The van der Waals surface area contributed by atoms with Crippen LogP contribution in [0.5, 0.6) is 11.5 Å². The first kappa shape index (κ1) is 21.4. The molecule has 3 aromatic carbocycles. The number of anilines is 1. The normalized spacial score (nSPS) is 26.8. The molecule has 1 spiro atoms. The molecular formula is C27H23N3O5. The summed E-state index contributed by atoms with van der Waals surface area (Å²) in [5.41, 5.74) is 1.39. The number of imide groups is 1. The van der Waals surface area contributed by atoms with Crippen LogP contribution >= 0.6 is 0 Å². The average Bonchev–Trinajstić information content (AvgIpc) is 3.43. The number of nitrogens with one attached hydrogen (secondary N) is 2. The Morgan fingerprint density at radius 2 is 1.57 bits per heavy atom. The topological polar surface area (TPSA) is 119 Å². The monoisotopic (exact) mass is 469 g/mol. The second-order valence-corrected chi connectivity index (χ2v) is 9.34. The van der Waals surface area contributed by atoms with Crippen LogP contribution in [0.4, 0.5) is 5.69 Å². The van der Waals surface area contributed by atoms with E-state index in [-0.39, 0.29) is 42.2 Å². The van der Waals surface area contributed by atoms with Crippen LogP contribution < -0.4 is 10.6 Å². The molecule has 0 unspecified atom stereocenters. The number of phenolic OH excluding ortho intramolecular Hbond substituents is 2. The number of hydrogen-bond donors (Lipinski definition) is 4. The van der Waals surface area contributed by atoms with Crippen molar-refractivity contribution in [3.8, 4) is 11.5 Å². The van der Waals surface area contributed by atoms with Crippen LogP contribution in [0.3, 0.4) is 0 Å². The van der Waals surface area contributed by atoms with Crippen molar-refractivity contribution in [1.29, 1.82) is 0 Å². The van der Waals surface area contributed by atoms with E-state index in [1.54, 1.807) is 12.1 Å². The van der Waals surface area contributed by atoms with Crippen molar-refractivity contribution >= 4 is 23.4 Å². The number of benzene rings is 3. The smallest absolute Gasteiger partial charge is 0.250 e. The van der Waals surface area contributed by atoms with Gasteiger partial charge in [-0.05, 0) is 35.7 Å². The van der Waals surface area contributed by atoms with E-state index in [9.17, 15) is 24.6 Å². The van der Waals surface area contributed by atoms with Crippen molar-refractivity contribution in [3.63, 3.8) is 0 Å². The Balaban J connectivity index is 1.44. The number of para-hydroxylation sites is 1. The Morgan fingerprint density at radius 1 is 0.829 bits per heavy atom. The van der Waals surface area contributed by atoms with E-state index in [1.165, 1.54) is 17.0 Å². The highest BCUT2D eigenvalue weighted by molar-refractivity contribution is 6.15. The maximum Gasteiger partial charge on any atom is 0.250 e. The van der Waals surface area contributed by atoms with E-state index < -0.39 is 23.4 Å². The van der Waals surface area contributed by atoms with E-state index in [0.29, 0.717) is 16.8 Å². The molecule has 8 nitrogen and oxygen atoms in total. The summed E-state index contributed by atoms with van der Waals surface area (Å²) in [5.74, 6) is -3.23. The minimum atomic E-state index is -1.37. The zero-order chi connectivity index (χ0) is 24.3. The molecule has 3 aromatic rings.